The molecule has 0 aliphatic rings. The van der Waals surface area contributed by atoms with Crippen molar-refractivity contribution in [2.45, 2.75) is 13.3 Å². The first-order valence-electron chi connectivity index (χ1n) is 4.89. The highest BCUT2D eigenvalue weighted by molar-refractivity contribution is 5.33. The zero-order chi connectivity index (χ0) is 11.5. The topological polar surface area (TPSA) is 41.6 Å². The summed E-state index contributed by atoms with van der Waals surface area (Å²) in [5.74, 6) is -0.272. The third-order valence-electron chi connectivity index (χ3n) is 2.27. The summed E-state index contributed by atoms with van der Waals surface area (Å²) in [4.78, 5) is 0. The molecule has 4 heteroatoms. The molecule has 0 fully saturated rings. The van der Waals surface area contributed by atoms with Crippen LogP contribution in [0.3, 0.4) is 0 Å². The predicted molar refractivity (Wildman–Crippen MR) is 57.6 cm³/mol. The number of aryl methyl sites for hydroxylation is 1. The number of rotatable bonds is 2. The summed E-state index contributed by atoms with van der Waals surface area (Å²) in [5, 5.41) is 12.8. The molecule has 0 bridgehead atoms. The molecule has 16 heavy (non-hydrogen) atoms. The van der Waals surface area contributed by atoms with Gasteiger partial charge in [0.1, 0.15) is 5.82 Å². The van der Waals surface area contributed by atoms with Gasteiger partial charge in [-0.2, -0.15) is 10.4 Å². The largest absolute Gasteiger partial charge is 0.238 e. The fourth-order valence-corrected chi connectivity index (χ4v) is 1.55. The van der Waals surface area contributed by atoms with Crippen molar-refractivity contribution in [3.8, 4) is 11.8 Å². The maximum absolute atomic E-state index is 12.8. The van der Waals surface area contributed by atoms with Gasteiger partial charge in [-0.3, -0.25) is 0 Å². The number of halogens is 1. The molecule has 0 aliphatic heterocycles. The van der Waals surface area contributed by atoms with Crippen LogP contribution in [0.15, 0.2) is 30.3 Å². The first-order valence-corrected chi connectivity index (χ1v) is 4.89. The van der Waals surface area contributed by atoms with Crippen LogP contribution in [0.1, 0.15) is 11.4 Å². The van der Waals surface area contributed by atoms with Crippen molar-refractivity contribution in [2.24, 2.45) is 0 Å². The minimum atomic E-state index is -0.272. The first-order chi connectivity index (χ1) is 7.70. The van der Waals surface area contributed by atoms with E-state index in [2.05, 4.69) is 5.10 Å². The number of nitrogens with zero attached hydrogens (tertiary/aromatic N) is 3. The van der Waals surface area contributed by atoms with Crippen molar-refractivity contribution in [3.05, 3.63) is 47.5 Å². The van der Waals surface area contributed by atoms with E-state index >= 15 is 0 Å². The highest BCUT2D eigenvalue weighted by atomic mass is 19.1. The van der Waals surface area contributed by atoms with Crippen LogP contribution >= 0.6 is 0 Å². The molecule has 0 radical (unpaired) electrons. The molecule has 3 nitrogen and oxygen atoms in total. The van der Waals surface area contributed by atoms with Gasteiger partial charge in [0.05, 0.1) is 23.9 Å². The van der Waals surface area contributed by atoms with E-state index in [1.807, 2.05) is 19.1 Å². The lowest BCUT2D eigenvalue weighted by Crippen LogP contribution is -1.99. The standard InChI is InChI=1S/C12H10FN3/c1-9-8-11(6-7-14)15-16(9)12-4-2-10(13)3-5-12/h2-5,8H,6H2,1H3. The lowest BCUT2D eigenvalue weighted by atomic mass is 10.3. The van der Waals surface area contributed by atoms with Gasteiger partial charge in [0.15, 0.2) is 0 Å². The summed E-state index contributed by atoms with van der Waals surface area (Å²) in [6.45, 7) is 1.90. The summed E-state index contributed by atoms with van der Waals surface area (Å²) in [6.07, 6.45) is 0.287. The summed E-state index contributed by atoms with van der Waals surface area (Å²) in [6, 6.07) is 10.00. The Balaban J connectivity index is 2.40. The van der Waals surface area contributed by atoms with Gasteiger partial charge in [-0.1, -0.05) is 0 Å². The predicted octanol–water partition coefficient (Wildman–Crippen LogP) is 2.39. The normalized spacial score (nSPS) is 10.1. The average Bonchev–Trinajstić information content (AvgIpc) is 2.61. The van der Waals surface area contributed by atoms with E-state index in [1.54, 1.807) is 16.8 Å². The molecule has 0 N–H and O–H groups in total. The van der Waals surface area contributed by atoms with E-state index < -0.39 is 0 Å². The van der Waals surface area contributed by atoms with Gasteiger partial charge in [-0.15, -0.1) is 0 Å². The molecule has 1 heterocycles. The van der Waals surface area contributed by atoms with Crippen molar-refractivity contribution >= 4 is 0 Å². The van der Waals surface area contributed by atoms with Crippen molar-refractivity contribution in [1.29, 1.82) is 5.26 Å². The molecule has 0 atom stereocenters. The molecule has 1 aromatic carbocycles. The van der Waals surface area contributed by atoms with Crippen molar-refractivity contribution in [1.82, 2.24) is 9.78 Å². The van der Waals surface area contributed by atoms with E-state index in [0.717, 1.165) is 17.1 Å². The number of nitriles is 1. The Labute approximate surface area is 92.7 Å². The Hall–Kier alpha value is -2.15. The fraction of sp³-hybridized carbons (Fsp3) is 0.167. The molecule has 2 rings (SSSR count). The second kappa shape index (κ2) is 4.15. The van der Waals surface area contributed by atoms with Gasteiger partial charge >= 0.3 is 0 Å². The molecule has 0 saturated carbocycles. The molecule has 0 spiro atoms. The molecule has 0 amide bonds. The van der Waals surface area contributed by atoms with Gasteiger partial charge < -0.3 is 0 Å². The zero-order valence-corrected chi connectivity index (χ0v) is 8.81. The summed E-state index contributed by atoms with van der Waals surface area (Å²) < 4.78 is 14.5. The Kier molecular flexibility index (Phi) is 2.69. The molecule has 80 valence electrons. The zero-order valence-electron chi connectivity index (χ0n) is 8.81. The molecular formula is C12H10FN3. The summed E-state index contributed by atoms with van der Waals surface area (Å²) in [7, 11) is 0. The van der Waals surface area contributed by atoms with Gasteiger partial charge in [0.2, 0.25) is 0 Å². The third kappa shape index (κ3) is 1.94. The lowest BCUT2D eigenvalue weighted by molar-refractivity contribution is 0.627. The van der Waals surface area contributed by atoms with Gasteiger partial charge in [-0.05, 0) is 37.3 Å². The summed E-state index contributed by atoms with van der Waals surface area (Å²) >= 11 is 0. The molecule has 1 aromatic heterocycles. The van der Waals surface area contributed by atoms with Crippen LogP contribution in [-0.2, 0) is 6.42 Å². The van der Waals surface area contributed by atoms with Crippen LogP contribution in [0.5, 0.6) is 0 Å². The van der Waals surface area contributed by atoms with Crippen molar-refractivity contribution in [3.63, 3.8) is 0 Å². The average molecular weight is 215 g/mol. The Morgan fingerprint density at radius 3 is 2.69 bits per heavy atom. The van der Waals surface area contributed by atoms with Gasteiger partial charge in [0, 0.05) is 5.69 Å². The number of hydrogen-bond acceptors (Lipinski definition) is 2. The van der Waals surface area contributed by atoms with Crippen LogP contribution < -0.4 is 0 Å². The van der Waals surface area contributed by atoms with Crippen LogP contribution in [0.2, 0.25) is 0 Å². The summed E-state index contributed by atoms with van der Waals surface area (Å²) in [5.41, 5.74) is 2.45. The lowest BCUT2D eigenvalue weighted by Gasteiger charge is -2.03. The van der Waals surface area contributed by atoms with E-state index in [1.165, 1.54) is 12.1 Å². The minimum Gasteiger partial charge on any atom is -0.238 e. The van der Waals surface area contributed by atoms with Crippen LogP contribution in [-0.4, -0.2) is 9.78 Å². The third-order valence-corrected chi connectivity index (χ3v) is 2.27. The minimum absolute atomic E-state index is 0.272. The number of benzene rings is 1. The SMILES string of the molecule is Cc1cc(CC#N)nn1-c1ccc(F)cc1. The maximum Gasteiger partial charge on any atom is 0.123 e. The van der Waals surface area contributed by atoms with Crippen molar-refractivity contribution < 1.29 is 4.39 Å². The molecule has 0 unspecified atom stereocenters. The quantitative estimate of drug-likeness (QED) is 0.771. The van der Waals surface area contributed by atoms with E-state index in [9.17, 15) is 4.39 Å². The van der Waals surface area contributed by atoms with E-state index in [0.29, 0.717) is 0 Å². The molecule has 0 saturated heterocycles. The monoisotopic (exact) mass is 215 g/mol. The Morgan fingerprint density at radius 1 is 1.38 bits per heavy atom. The first kappa shape index (κ1) is 10.4. The van der Waals surface area contributed by atoms with Crippen LogP contribution in [0, 0.1) is 24.1 Å². The number of aromatic nitrogens is 2. The van der Waals surface area contributed by atoms with E-state index in [-0.39, 0.29) is 12.2 Å². The number of hydrogen-bond donors (Lipinski definition) is 0. The van der Waals surface area contributed by atoms with Crippen molar-refractivity contribution in [2.75, 3.05) is 0 Å². The molecule has 0 aliphatic carbocycles. The Bertz CT molecular complexity index is 534. The molecule has 2 aromatic rings. The van der Waals surface area contributed by atoms with E-state index in [4.69, 9.17) is 5.26 Å². The van der Waals surface area contributed by atoms with Crippen LogP contribution in [0.25, 0.3) is 5.69 Å². The Morgan fingerprint density at radius 2 is 2.06 bits per heavy atom. The molecular weight excluding hydrogens is 205 g/mol. The highest BCUT2D eigenvalue weighted by Gasteiger charge is 2.05. The maximum atomic E-state index is 12.8. The van der Waals surface area contributed by atoms with Crippen LogP contribution in [0.4, 0.5) is 4.39 Å². The van der Waals surface area contributed by atoms with Gasteiger partial charge in [-0.25, -0.2) is 9.07 Å². The highest BCUT2D eigenvalue weighted by Crippen LogP contribution is 2.12. The van der Waals surface area contributed by atoms with Gasteiger partial charge in [0.25, 0.3) is 0 Å². The second-order valence-corrected chi connectivity index (χ2v) is 3.50. The second-order valence-electron chi connectivity index (χ2n) is 3.50. The smallest absolute Gasteiger partial charge is 0.123 e. The fourth-order valence-electron chi connectivity index (χ4n) is 1.55.